The number of ether oxygens (including phenoxy) is 2. The summed E-state index contributed by atoms with van der Waals surface area (Å²) >= 11 is 0. The minimum atomic E-state index is -0.195. The van der Waals surface area contributed by atoms with Crippen molar-refractivity contribution in [3.05, 3.63) is 29.8 Å². The van der Waals surface area contributed by atoms with E-state index in [9.17, 15) is 0 Å². The molecule has 1 aliphatic carbocycles. The summed E-state index contributed by atoms with van der Waals surface area (Å²) in [6, 6.07) is 8.65. The molecule has 1 aliphatic rings. The number of hydrogen-bond donors (Lipinski definition) is 0. The van der Waals surface area contributed by atoms with Crippen LogP contribution in [0.4, 0.5) is 0 Å². The predicted octanol–water partition coefficient (Wildman–Crippen LogP) is 6.69. The molecule has 1 aromatic rings. The van der Waals surface area contributed by atoms with Crippen LogP contribution in [-0.2, 0) is 4.74 Å². The molecule has 0 bridgehead atoms. The molecule has 0 radical (unpaired) electrons. The Balaban J connectivity index is 2.03. The van der Waals surface area contributed by atoms with Crippen LogP contribution in [0.1, 0.15) is 91.0 Å². The normalized spacial score (nSPS) is 17.9. The molecular weight excluding hydrogens is 296 g/mol. The topological polar surface area (TPSA) is 18.5 Å². The summed E-state index contributed by atoms with van der Waals surface area (Å²) in [6.07, 6.45) is 8.78. The summed E-state index contributed by atoms with van der Waals surface area (Å²) in [5.74, 6) is 1.57. The summed E-state index contributed by atoms with van der Waals surface area (Å²) in [5.41, 5.74) is 1.37. The maximum atomic E-state index is 6.36. The Hall–Kier alpha value is -1.02. The first-order valence-corrected chi connectivity index (χ1v) is 9.86. The van der Waals surface area contributed by atoms with Crippen molar-refractivity contribution in [3.63, 3.8) is 0 Å². The molecule has 0 aliphatic heterocycles. The van der Waals surface area contributed by atoms with Crippen molar-refractivity contribution in [3.8, 4) is 5.75 Å². The molecule has 1 fully saturated rings. The Morgan fingerprint density at radius 2 is 1.54 bits per heavy atom. The summed E-state index contributed by atoms with van der Waals surface area (Å²) < 4.78 is 12.6. The largest absolute Gasteiger partial charge is 0.464 e. The quantitative estimate of drug-likeness (QED) is 0.518. The van der Waals surface area contributed by atoms with E-state index in [0.717, 1.165) is 5.75 Å². The highest BCUT2D eigenvalue weighted by atomic mass is 16.7. The molecule has 1 atom stereocenters. The Morgan fingerprint density at radius 3 is 2.04 bits per heavy atom. The smallest absolute Gasteiger partial charge is 0.204 e. The lowest BCUT2D eigenvalue weighted by Crippen LogP contribution is -2.38. The third-order valence-corrected chi connectivity index (χ3v) is 5.16. The Labute approximate surface area is 148 Å². The van der Waals surface area contributed by atoms with Gasteiger partial charge in [0.1, 0.15) is 5.75 Å². The van der Waals surface area contributed by atoms with Crippen molar-refractivity contribution in [2.75, 3.05) is 0 Å². The predicted molar refractivity (Wildman–Crippen MR) is 102 cm³/mol. The summed E-state index contributed by atoms with van der Waals surface area (Å²) in [7, 11) is 0. The number of hydrogen-bond acceptors (Lipinski definition) is 2. The summed E-state index contributed by atoms with van der Waals surface area (Å²) in [6.45, 7) is 11.1. The zero-order chi connectivity index (χ0) is 17.6. The molecule has 1 saturated carbocycles. The molecule has 0 spiro atoms. The van der Waals surface area contributed by atoms with Crippen LogP contribution >= 0.6 is 0 Å². The molecule has 0 aromatic heterocycles. The van der Waals surface area contributed by atoms with Gasteiger partial charge in [0.15, 0.2) is 0 Å². The highest BCUT2D eigenvalue weighted by molar-refractivity contribution is 5.29. The van der Waals surface area contributed by atoms with Crippen LogP contribution in [0.25, 0.3) is 0 Å². The molecule has 2 rings (SSSR count). The van der Waals surface area contributed by atoms with E-state index in [1.807, 2.05) is 0 Å². The second-order valence-electron chi connectivity index (χ2n) is 8.29. The van der Waals surface area contributed by atoms with E-state index in [1.54, 1.807) is 0 Å². The van der Waals surface area contributed by atoms with Gasteiger partial charge in [0, 0.05) is 5.41 Å². The molecule has 1 unspecified atom stereocenters. The van der Waals surface area contributed by atoms with Gasteiger partial charge < -0.3 is 9.47 Å². The van der Waals surface area contributed by atoms with Crippen LogP contribution in [0.2, 0.25) is 0 Å². The minimum Gasteiger partial charge on any atom is -0.464 e. The fourth-order valence-electron chi connectivity index (χ4n) is 3.49. The molecule has 136 valence electrons. The van der Waals surface area contributed by atoms with Gasteiger partial charge in [0.2, 0.25) is 6.29 Å². The van der Waals surface area contributed by atoms with Crippen molar-refractivity contribution >= 4 is 0 Å². The van der Waals surface area contributed by atoms with Crippen LogP contribution in [0.5, 0.6) is 5.75 Å². The number of benzene rings is 1. The molecule has 2 heteroatoms. The molecule has 0 N–H and O–H groups in total. The van der Waals surface area contributed by atoms with Gasteiger partial charge in [-0.1, -0.05) is 66.0 Å². The second-order valence-corrected chi connectivity index (χ2v) is 8.29. The lowest BCUT2D eigenvalue weighted by atomic mass is 9.93. The maximum Gasteiger partial charge on any atom is 0.204 e. The second kappa shape index (κ2) is 8.89. The molecule has 1 aromatic carbocycles. The molecule has 2 nitrogen and oxygen atoms in total. The van der Waals surface area contributed by atoms with Crippen LogP contribution < -0.4 is 4.74 Å². The van der Waals surface area contributed by atoms with Gasteiger partial charge in [-0.15, -0.1) is 0 Å². The first kappa shape index (κ1) is 19.3. The van der Waals surface area contributed by atoms with Gasteiger partial charge >= 0.3 is 0 Å². The van der Waals surface area contributed by atoms with Crippen LogP contribution in [0.15, 0.2) is 24.3 Å². The molecule has 0 amide bonds. The zero-order valence-electron chi connectivity index (χ0n) is 16.3. The molecular formula is C22H36O2. The van der Waals surface area contributed by atoms with Gasteiger partial charge in [-0.05, 0) is 49.3 Å². The first-order valence-electron chi connectivity index (χ1n) is 9.86. The Morgan fingerprint density at radius 1 is 0.958 bits per heavy atom. The van der Waals surface area contributed by atoms with Crippen molar-refractivity contribution in [1.82, 2.24) is 0 Å². The molecule has 24 heavy (non-hydrogen) atoms. The lowest BCUT2D eigenvalue weighted by molar-refractivity contribution is -0.177. The van der Waals surface area contributed by atoms with Gasteiger partial charge in [0.25, 0.3) is 0 Å². The molecule has 0 saturated heterocycles. The van der Waals surface area contributed by atoms with Gasteiger partial charge in [-0.25, -0.2) is 0 Å². The van der Waals surface area contributed by atoms with Crippen LogP contribution in [0.3, 0.4) is 0 Å². The van der Waals surface area contributed by atoms with Crippen molar-refractivity contribution in [2.45, 2.75) is 97.9 Å². The highest BCUT2D eigenvalue weighted by Crippen LogP contribution is 2.31. The Kier molecular flexibility index (Phi) is 7.16. The summed E-state index contributed by atoms with van der Waals surface area (Å²) in [4.78, 5) is 0. The van der Waals surface area contributed by atoms with E-state index in [1.165, 1.54) is 50.5 Å². The van der Waals surface area contributed by atoms with E-state index in [4.69, 9.17) is 9.47 Å². The van der Waals surface area contributed by atoms with Crippen molar-refractivity contribution in [1.29, 1.82) is 0 Å². The van der Waals surface area contributed by atoms with E-state index < -0.39 is 0 Å². The van der Waals surface area contributed by atoms with Crippen molar-refractivity contribution in [2.24, 2.45) is 5.41 Å². The third kappa shape index (κ3) is 5.51. The third-order valence-electron chi connectivity index (χ3n) is 5.16. The number of rotatable bonds is 7. The SMILES string of the molecule is CCC(CC)c1ccc(OC(OC2CCCCC2)C(C)(C)C)cc1. The minimum absolute atomic E-state index is 0.0362. The van der Waals surface area contributed by atoms with Gasteiger partial charge in [-0.2, -0.15) is 0 Å². The van der Waals surface area contributed by atoms with E-state index in [0.29, 0.717) is 12.0 Å². The van der Waals surface area contributed by atoms with E-state index in [2.05, 4.69) is 58.9 Å². The monoisotopic (exact) mass is 332 g/mol. The highest BCUT2D eigenvalue weighted by Gasteiger charge is 2.31. The average Bonchev–Trinajstić information content (AvgIpc) is 2.57. The van der Waals surface area contributed by atoms with Gasteiger partial charge in [0.05, 0.1) is 6.10 Å². The van der Waals surface area contributed by atoms with Gasteiger partial charge in [-0.3, -0.25) is 0 Å². The fraction of sp³-hybridized carbons (Fsp3) is 0.727. The van der Waals surface area contributed by atoms with E-state index in [-0.39, 0.29) is 11.7 Å². The maximum absolute atomic E-state index is 6.36. The zero-order valence-corrected chi connectivity index (χ0v) is 16.3. The Bertz CT molecular complexity index is 462. The van der Waals surface area contributed by atoms with Crippen LogP contribution in [-0.4, -0.2) is 12.4 Å². The summed E-state index contributed by atoms with van der Waals surface area (Å²) in [5, 5.41) is 0. The standard InChI is InChI=1S/C22H36O2/c1-6-17(7-2)18-13-15-20(16-14-18)24-21(22(3,4)5)23-19-11-9-8-10-12-19/h13-17,19,21H,6-12H2,1-5H3. The lowest BCUT2D eigenvalue weighted by Gasteiger charge is -2.35. The fourth-order valence-corrected chi connectivity index (χ4v) is 3.49. The van der Waals surface area contributed by atoms with Crippen molar-refractivity contribution < 1.29 is 9.47 Å². The molecule has 0 heterocycles. The van der Waals surface area contributed by atoms with E-state index >= 15 is 0 Å². The first-order chi connectivity index (χ1) is 11.4. The average molecular weight is 333 g/mol. The van der Waals surface area contributed by atoms with Crippen LogP contribution in [0, 0.1) is 5.41 Å².